The molecule has 0 radical (unpaired) electrons. The largest absolute Gasteiger partial charge is 0.367 e. The highest BCUT2D eigenvalue weighted by atomic mass is 16.1. The van der Waals surface area contributed by atoms with Crippen LogP contribution in [0.5, 0.6) is 0 Å². The van der Waals surface area contributed by atoms with Crippen molar-refractivity contribution in [3.63, 3.8) is 0 Å². The number of primary amides is 1. The number of nitrogens with two attached hydrogens (primary N) is 1. The van der Waals surface area contributed by atoms with E-state index in [2.05, 4.69) is 46.6 Å². The fourth-order valence-electron chi connectivity index (χ4n) is 2.23. The van der Waals surface area contributed by atoms with Crippen molar-refractivity contribution < 1.29 is 4.79 Å². The third-order valence-electron chi connectivity index (χ3n) is 3.81. The van der Waals surface area contributed by atoms with Crippen LogP contribution in [0, 0.1) is 0 Å². The molecule has 1 aliphatic carbocycles. The standard InChI is InChI=1S/C17H21N5O/c1-10(2)11-3-5-13(6-4-11)21-17-19-9-14(15(18)23)16(22-17)20-12-7-8-12/h3-6,9-10,12H,7-8H2,1-2H3,(H2,18,23)(H2,19,20,21,22). The van der Waals surface area contributed by atoms with Crippen LogP contribution in [0.1, 0.15) is 48.5 Å². The lowest BCUT2D eigenvalue weighted by atomic mass is 10.0. The zero-order valence-electron chi connectivity index (χ0n) is 13.3. The average Bonchev–Trinajstić information content (AvgIpc) is 3.32. The summed E-state index contributed by atoms with van der Waals surface area (Å²) in [5, 5.41) is 6.38. The van der Waals surface area contributed by atoms with Gasteiger partial charge in [0.1, 0.15) is 5.82 Å². The van der Waals surface area contributed by atoms with Crippen molar-refractivity contribution in [1.29, 1.82) is 0 Å². The highest BCUT2D eigenvalue weighted by Gasteiger charge is 2.24. The van der Waals surface area contributed by atoms with Crippen LogP contribution in [0.25, 0.3) is 0 Å². The molecule has 3 rings (SSSR count). The number of amides is 1. The van der Waals surface area contributed by atoms with E-state index in [-0.39, 0.29) is 0 Å². The van der Waals surface area contributed by atoms with Gasteiger partial charge >= 0.3 is 0 Å². The number of carbonyl (C=O) groups is 1. The topological polar surface area (TPSA) is 92.9 Å². The molecule has 1 aliphatic rings. The molecule has 0 bridgehead atoms. The molecule has 0 aliphatic heterocycles. The van der Waals surface area contributed by atoms with Crippen LogP contribution in [0.3, 0.4) is 0 Å². The first-order valence-corrected chi connectivity index (χ1v) is 7.83. The molecule has 2 aromatic rings. The molecule has 1 saturated carbocycles. The van der Waals surface area contributed by atoms with E-state index in [9.17, 15) is 4.79 Å². The van der Waals surface area contributed by atoms with Crippen molar-refractivity contribution in [3.05, 3.63) is 41.6 Å². The second kappa shape index (κ2) is 6.24. The van der Waals surface area contributed by atoms with Crippen LogP contribution in [-0.4, -0.2) is 21.9 Å². The number of benzene rings is 1. The molecule has 0 spiro atoms. The maximum absolute atomic E-state index is 11.5. The van der Waals surface area contributed by atoms with Crippen LogP contribution in [0.2, 0.25) is 0 Å². The molecule has 23 heavy (non-hydrogen) atoms. The van der Waals surface area contributed by atoms with E-state index >= 15 is 0 Å². The number of nitrogens with zero attached hydrogens (tertiary/aromatic N) is 2. The van der Waals surface area contributed by atoms with Crippen molar-refractivity contribution in [3.8, 4) is 0 Å². The maximum atomic E-state index is 11.5. The van der Waals surface area contributed by atoms with Gasteiger partial charge < -0.3 is 16.4 Å². The molecule has 1 aromatic carbocycles. The summed E-state index contributed by atoms with van der Waals surface area (Å²) in [4.78, 5) is 20.0. The van der Waals surface area contributed by atoms with Gasteiger partial charge in [-0.2, -0.15) is 4.98 Å². The summed E-state index contributed by atoms with van der Waals surface area (Å²) in [6.07, 6.45) is 3.63. The van der Waals surface area contributed by atoms with E-state index in [1.165, 1.54) is 11.8 Å². The summed E-state index contributed by atoms with van der Waals surface area (Å²) in [5.41, 5.74) is 7.87. The summed E-state index contributed by atoms with van der Waals surface area (Å²) < 4.78 is 0. The minimum Gasteiger partial charge on any atom is -0.367 e. The molecule has 6 heteroatoms. The van der Waals surface area contributed by atoms with Crippen molar-refractivity contribution in [2.24, 2.45) is 5.73 Å². The zero-order chi connectivity index (χ0) is 16.4. The van der Waals surface area contributed by atoms with Crippen LogP contribution >= 0.6 is 0 Å². The SMILES string of the molecule is CC(C)c1ccc(Nc2ncc(C(N)=O)c(NC3CC3)n2)cc1. The predicted octanol–water partition coefficient (Wildman–Crippen LogP) is 3.02. The van der Waals surface area contributed by atoms with E-state index in [1.54, 1.807) is 0 Å². The second-order valence-corrected chi connectivity index (χ2v) is 6.14. The highest BCUT2D eigenvalue weighted by Crippen LogP contribution is 2.26. The number of rotatable bonds is 6. The molecular formula is C17H21N5O. The van der Waals surface area contributed by atoms with Crippen molar-refractivity contribution >= 4 is 23.4 Å². The predicted molar refractivity (Wildman–Crippen MR) is 91.0 cm³/mol. The normalized spacial score (nSPS) is 13.9. The summed E-state index contributed by atoms with van der Waals surface area (Å²) in [6, 6.07) is 8.52. The third kappa shape index (κ3) is 3.77. The van der Waals surface area contributed by atoms with E-state index in [0.29, 0.717) is 29.3 Å². The Labute approximate surface area is 135 Å². The highest BCUT2D eigenvalue weighted by molar-refractivity contribution is 5.97. The van der Waals surface area contributed by atoms with E-state index in [4.69, 9.17) is 5.73 Å². The lowest BCUT2D eigenvalue weighted by molar-refractivity contribution is 0.100. The molecular weight excluding hydrogens is 290 g/mol. The Balaban J connectivity index is 1.80. The first kappa shape index (κ1) is 15.3. The molecule has 0 unspecified atom stereocenters. The van der Waals surface area contributed by atoms with Crippen LogP contribution in [0.15, 0.2) is 30.5 Å². The van der Waals surface area contributed by atoms with E-state index in [0.717, 1.165) is 18.5 Å². The Morgan fingerprint density at radius 3 is 2.52 bits per heavy atom. The number of hydrogen-bond acceptors (Lipinski definition) is 5. The molecule has 1 aromatic heterocycles. The molecule has 6 nitrogen and oxygen atoms in total. The van der Waals surface area contributed by atoms with Gasteiger partial charge in [-0.25, -0.2) is 4.98 Å². The quantitative estimate of drug-likeness (QED) is 0.762. The second-order valence-electron chi connectivity index (χ2n) is 6.14. The van der Waals surface area contributed by atoms with Crippen molar-refractivity contribution in [2.45, 2.75) is 38.6 Å². The van der Waals surface area contributed by atoms with Gasteiger partial charge in [0.15, 0.2) is 0 Å². The number of carbonyl (C=O) groups excluding carboxylic acids is 1. The van der Waals surface area contributed by atoms with Gasteiger partial charge in [-0.05, 0) is 36.5 Å². The third-order valence-corrected chi connectivity index (χ3v) is 3.81. The van der Waals surface area contributed by atoms with E-state index in [1.807, 2.05) is 12.1 Å². The van der Waals surface area contributed by atoms with Gasteiger partial charge in [0.25, 0.3) is 5.91 Å². The fourth-order valence-corrected chi connectivity index (χ4v) is 2.23. The lowest BCUT2D eigenvalue weighted by Gasteiger charge is -2.11. The minimum atomic E-state index is -0.527. The summed E-state index contributed by atoms with van der Waals surface area (Å²) in [7, 11) is 0. The first-order valence-electron chi connectivity index (χ1n) is 7.83. The van der Waals surface area contributed by atoms with Gasteiger partial charge in [0, 0.05) is 17.9 Å². The van der Waals surface area contributed by atoms with Gasteiger partial charge in [0.05, 0.1) is 5.56 Å². The molecule has 1 fully saturated rings. The smallest absolute Gasteiger partial charge is 0.254 e. The number of aromatic nitrogens is 2. The lowest BCUT2D eigenvalue weighted by Crippen LogP contribution is -2.17. The Kier molecular flexibility index (Phi) is 4.14. The van der Waals surface area contributed by atoms with Gasteiger partial charge in [0.2, 0.25) is 5.95 Å². The first-order chi connectivity index (χ1) is 11.0. The molecule has 4 N–H and O–H groups in total. The van der Waals surface area contributed by atoms with Gasteiger partial charge in [-0.15, -0.1) is 0 Å². The zero-order valence-corrected chi connectivity index (χ0v) is 13.3. The maximum Gasteiger partial charge on any atom is 0.254 e. The molecule has 0 atom stereocenters. The van der Waals surface area contributed by atoms with Crippen molar-refractivity contribution in [2.75, 3.05) is 10.6 Å². The number of nitrogens with one attached hydrogen (secondary N) is 2. The Morgan fingerprint density at radius 1 is 1.26 bits per heavy atom. The van der Waals surface area contributed by atoms with Crippen molar-refractivity contribution in [1.82, 2.24) is 9.97 Å². The van der Waals surface area contributed by atoms with Crippen LogP contribution in [0.4, 0.5) is 17.5 Å². The molecule has 0 saturated heterocycles. The fraction of sp³-hybridized carbons (Fsp3) is 0.353. The Hall–Kier alpha value is -2.63. The van der Waals surface area contributed by atoms with Gasteiger partial charge in [-0.1, -0.05) is 26.0 Å². The number of anilines is 3. The summed E-state index contributed by atoms with van der Waals surface area (Å²) in [6.45, 7) is 4.31. The van der Waals surface area contributed by atoms with Gasteiger partial charge in [-0.3, -0.25) is 4.79 Å². The monoisotopic (exact) mass is 311 g/mol. The Bertz CT molecular complexity index is 707. The molecule has 120 valence electrons. The summed E-state index contributed by atoms with van der Waals surface area (Å²) in [5.74, 6) is 0.900. The van der Waals surface area contributed by atoms with Crippen LogP contribution < -0.4 is 16.4 Å². The van der Waals surface area contributed by atoms with Crippen LogP contribution in [-0.2, 0) is 0 Å². The Morgan fingerprint density at radius 2 is 1.96 bits per heavy atom. The van der Waals surface area contributed by atoms with E-state index < -0.39 is 5.91 Å². The molecule has 1 heterocycles. The average molecular weight is 311 g/mol. The summed E-state index contributed by atoms with van der Waals surface area (Å²) >= 11 is 0. The number of hydrogen-bond donors (Lipinski definition) is 3. The minimum absolute atomic E-state index is 0.317. The molecule has 1 amide bonds.